The molecule has 1 saturated heterocycles. The van der Waals surface area contributed by atoms with Crippen molar-refractivity contribution >= 4 is 24.0 Å². The minimum atomic E-state index is -0.329. The summed E-state index contributed by atoms with van der Waals surface area (Å²) in [7, 11) is 0. The van der Waals surface area contributed by atoms with E-state index in [4.69, 9.17) is 22.1 Å². The molecule has 0 amide bonds. The fourth-order valence-electron chi connectivity index (χ4n) is 2.37. The fourth-order valence-corrected chi connectivity index (χ4v) is 2.66. The van der Waals surface area contributed by atoms with Crippen LogP contribution in [-0.4, -0.2) is 36.7 Å². The van der Waals surface area contributed by atoms with E-state index < -0.39 is 0 Å². The zero-order chi connectivity index (χ0) is 14.0. The molecule has 20 heavy (non-hydrogen) atoms. The number of rotatable bonds is 3. The minimum absolute atomic E-state index is 0. The van der Waals surface area contributed by atoms with Gasteiger partial charge in [0.05, 0.1) is 12.7 Å². The lowest BCUT2D eigenvalue weighted by molar-refractivity contribution is -0.0346. The van der Waals surface area contributed by atoms with Gasteiger partial charge in [-0.1, -0.05) is 17.7 Å². The first-order valence-corrected chi connectivity index (χ1v) is 6.81. The molecule has 0 spiro atoms. The maximum absolute atomic E-state index is 13.1. The highest BCUT2D eigenvalue weighted by atomic mass is 35.5. The summed E-state index contributed by atoms with van der Waals surface area (Å²) in [6, 6.07) is 4.43. The third kappa shape index (κ3) is 4.86. The molecular weight excluding hydrogens is 302 g/mol. The summed E-state index contributed by atoms with van der Waals surface area (Å²) in [5.41, 5.74) is 6.64. The number of nitrogens with two attached hydrogens (primary N) is 1. The van der Waals surface area contributed by atoms with E-state index in [2.05, 4.69) is 4.90 Å². The second-order valence-corrected chi connectivity index (χ2v) is 6.16. The van der Waals surface area contributed by atoms with Crippen LogP contribution in [0.5, 0.6) is 0 Å². The van der Waals surface area contributed by atoms with Crippen LogP contribution >= 0.6 is 24.0 Å². The van der Waals surface area contributed by atoms with E-state index in [-0.39, 0.29) is 29.9 Å². The van der Waals surface area contributed by atoms with Gasteiger partial charge in [-0.3, -0.25) is 4.90 Å². The summed E-state index contributed by atoms with van der Waals surface area (Å²) in [4.78, 5) is 2.26. The molecule has 1 unspecified atom stereocenters. The standard InChI is InChI=1S/C14H20ClFN2O.ClH/c1-14(2,17)9-18-5-6-19-13(8-18)11-4-3-10(16)7-12(11)15;/h3-4,7,13H,5-6,8-9,17H2,1-2H3;1H. The lowest BCUT2D eigenvalue weighted by atomic mass is 10.0. The van der Waals surface area contributed by atoms with Crippen molar-refractivity contribution in [2.45, 2.75) is 25.5 Å². The molecule has 1 heterocycles. The Hall–Kier alpha value is -0.390. The van der Waals surface area contributed by atoms with Gasteiger partial charge in [0, 0.05) is 35.8 Å². The average molecular weight is 323 g/mol. The van der Waals surface area contributed by atoms with Crippen molar-refractivity contribution in [2.24, 2.45) is 5.73 Å². The van der Waals surface area contributed by atoms with Crippen molar-refractivity contribution < 1.29 is 9.13 Å². The van der Waals surface area contributed by atoms with E-state index in [0.717, 1.165) is 25.2 Å². The summed E-state index contributed by atoms with van der Waals surface area (Å²) >= 11 is 6.08. The zero-order valence-corrected chi connectivity index (χ0v) is 13.3. The van der Waals surface area contributed by atoms with Gasteiger partial charge in [0.25, 0.3) is 0 Å². The van der Waals surface area contributed by atoms with E-state index in [1.54, 1.807) is 6.07 Å². The summed E-state index contributed by atoms with van der Waals surface area (Å²) in [6.07, 6.45) is -0.121. The third-order valence-corrected chi connectivity index (χ3v) is 3.42. The first-order valence-electron chi connectivity index (χ1n) is 6.43. The molecule has 0 aliphatic carbocycles. The second-order valence-electron chi connectivity index (χ2n) is 5.75. The van der Waals surface area contributed by atoms with E-state index in [9.17, 15) is 4.39 Å². The summed E-state index contributed by atoms with van der Waals surface area (Å²) < 4.78 is 18.8. The molecule has 2 rings (SSSR count). The van der Waals surface area contributed by atoms with Crippen molar-refractivity contribution in [3.63, 3.8) is 0 Å². The zero-order valence-electron chi connectivity index (χ0n) is 11.7. The van der Waals surface area contributed by atoms with Crippen LogP contribution in [0.1, 0.15) is 25.5 Å². The Morgan fingerprint density at radius 1 is 1.50 bits per heavy atom. The first kappa shape index (κ1) is 17.7. The van der Waals surface area contributed by atoms with E-state index in [0.29, 0.717) is 11.6 Å². The Labute approximate surface area is 130 Å². The molecule has 0 radical (unpaired) electrons. The van der Waals surface area contributed by atoms with Crippen LogP contribution in [0.25, 0.3) is 0 Å². The van der Waals surface area contributed by atoms with Gasteiger partial charge in [-0.25, -0.2) is 4.39 Å². The Kier molecular flexibility index (Phi) is 6.23. The van der Waals surface area contributed by atoms with Crippen LogP contribution in [0.15, 0.2) is 18.2 Å². The highest BCUT2D eigenvalue weighted by Gasteiger charge is 2.26. The van der Waals surface area contributed by atoms with Crippen LogP contribution in [0.2, 0.25) is 5.02 Å². The number of hydrogen-bond donors (Lipinski definition) is 1. The lowest BCUT2D eigenvalue weighted by Gasteiger charge is -2.36. The van der Waals surface area contributed by atoms with Crippen LogP contribution in [0, 0.1) is 5.82 Å². The van der Waals surface area contributed by atoms with Crippen LogP contribution in [-0.2, 0) is 4.74 Å². The van der Waals surface area contributed by atoms with Crippen molar-refractivity contribution in [1.29, 1.82) is 0 Å². The van der Waals surface area contributed by atoms with Crippen LogP contribution < -0.4 is 5.73 Å². The van der Waals surface area contributed by atoms with Gasteiger partial charge in [0.1, 0.15) is 5.82 Å². The smallest absolute Gasteiger partial charge is 0.124 e. The average Bonchev–Trinajstić information content (AvgIpc) is 2.26. The minimum Gasteiger partial charge on any atom is -0.371 e. The molecule has 1 aliphatic heterocycles. The number of halogens is 3. The molecule has 6 heteroatoms. The summed E-state index contributed by atoms with van der Waals surface area (Å²) in [5, 5.41) is 0.416. The number of nitrogens with zero attached hydrogens (tertiary/aromatic N) is 1. The molecule has 1 aromatic carbocycles. The molecule has 1 aliphatic rings. The maximum Gasteiger partial charge on any atom is 0.124 e. The van der Waals surface area contributed by atoms with Gasteiger partial charge >= 0.3 is 0 Å². The molecule has 1 fully saturated rings. The van der Waals surface area contributed by atoms with Crippen molar-refractivity contribution in [2.75, 3.05) is 26.2 Å². The number of benzene rings is 1. The highest BCUT2D eigenvalue weighted by Crippen LogP contribution is 2.29. The van der Waals surface area contributed by atoms with E-state index >= 15 is 0 Å². The van der Waals surface area contributed by atoms with Gasteiger partial charge < -0.3 is 10.5 Å². The van der Waals surface area contributed by atoms with Gasteiger partial charge in [0.15, 0.2) is 0 Å². The van der Waals surface area contributed by atoms with Gasteiger partial charge in [-0.05, 0) is 26.0 Å². The monoisotopic (exact) mass is 322 g/mol. The molecule has 0 saturated carbocycles. The molecule has 114 valence electrons. The first-order chi connectivity index (χ1) is 8.85. The van der Waals surface area contributed by atoms with E-state index in [1.165, 1.54) is 12.1 Å². The number of ether oxygens (including phenoxy) is 1. The number of morpholine rings is 1. The molecular formula is C14H21Cl2FN2O. The predicted molar refractivity (Wildman–Crippen MR) is 82.1 cm³/mol. The normalized spacial score (nSPS) is 20.6. The molecule has 2 N–H and O–H groups in total. The predicted octanol–water partition coefficient (Wildman–Crippen LogP) is 3.01. The Morgan fingerprint density at radius 2 is 2.20 bits per heavy atom. The van der Waals surface area contributed by atoms with Crippen LogP contribution in [0.4, 0.5) is 4.39 Å². The molecule has 3 nitrogen and oxygen atoms in total. The largest absolute Gasteiger partial charge is 0.371 e. The van der Waals surface area contributed by atoms with Crippen molar-refractivity contribution in [3.05, 3.63) is 34.6 Å². The quantitative estimate of drug-likeness (QED) is 0.929. The molecule has 0 aromatic heterocycles. The molecule has 1 atom stereocenters. The third-order valence-electron chi connectivity index (χ3n) is 3.09. The maximum atomic E-state index is 13.1. The van der Waals surface area contributed by atoms with Gasteiger partial charge in [-0.15, -0.1) is 12.4 Å². The second kappa shape index (κ2) is 7.05. The Balaban J connectivity index is 0.00000200. The summed E-state index contributed by atoms with van der Waals surface area (Å²) in [6.45, 7) is 7.02. The van der Waals surface area contributed by atoms with Gasteiger partial charge in [-0.2, -0.15) is 0 Å². The van der Waals surface area contributed by atoms with Crippen LogP contribution in [0.3, 0.4) is 0 Å². The SMILES string of the molecule is CC(C)(N)CN1CCOC(c2ccc(F)cc2Cl)C1.Cl. The highest BCUT2D eigenvalue weighted by molar-refractivity contribution is 6.31. The molecule has 1 aromatic rings. The van der Waals surface area contributed by atoms with Crippen molar-refractivity contribution in [1.82, 2.24) is 4.90 Å². The van der Waals surface area contributed by atoms with E-state index in [1.807, 2.05) is 13.8 Å². The van der Waals surface area contributed by atoms with Gasteiger partial charge in [0.2, 0.25) is 0 Å². The molecule has 0 bridgehead atoms. The van der Waals surface area contributed by atoms with Crippen molar-refractivity contribution in [3.8, 4) is 0 Å². The summed E-state index contributed by atoms with van der Waals surface area (Å²) in [5.74, 6) is -0.329. The Bertz CT molecular complexity index is 451. The topological polar surface area (TPSA) is 38.5 Å². The fraction of sp³-hybridized carbons (Fsp3) is 0.571. The lowest BCUT2D eigenvalue weighted by Crippen LogP contribution is -2.49. The Morgan fingerprint density at radius 3 is 2.80 bits per heavy atom. The number of hydrogen-bond acceptors (Lipinski definition) is 3.